The van der Waals surface area contributed by atoms with Crippen molar-refractivity contribution in [3.8, 4) is 0 Å². The molecule has 0 saturated heterocycles. The molecule has 1 rings (SSSR count). The van der Waals surface area contributed by atoms with Crippen molar-refractivity contribution in [1.82, 2.24) is 0 Å². The zero-order chi connectivity index (χ0) is 23.4. The van der Waals surface area contributed by atoms with Crippen molar-refractivity contribution >= 4 is 10.1 Å². The lowest BCUT2D eigenvalue weighted by Crippen LogP contribution is -2.47. The lowest BCUT2D eigenvalue weighted by atomic mass is 10.1. The zero-order valence-corrected chi connectivity index (χ0v) is 21.9. The molecule has 0 aromatic heterocycles. The van der Waals surface area contributed by atoms with Crippen LogP contribution < -0.4 is 0 Å². The van der Waals surface area contributed by atoms with E-state index in [1.54, 1.807) is 30.3 Å². The van der Waals surface area contributed by atoms with E-state index in [-0.39, 0.29) is 11.5 Å². The van der Waals surface area contributed by atoms with E-state index in [1.807, 2.05) is 0 Å². The van der Waals surface area contributed by atoms with Gasteiger partial charge in [-0.1, -0.05) is 82.9 Å². The highest BCUT2D eigenvalue weighted by atomic mass is 32.2. The van der Waals surface area contributed by atoms with Crippen molar-refractivity contribution < 1.29 is 17.1 Å². The summed E-state index contributed by atoms with van der Waals surface area (Å²) in [4.78, 5) is 0.238. The van der Waals surface area contributed by atoms with Crippen molar-refractivity contribution in [3.05, 3.63) is 30.3 Å². The molecule has 5 heteroatoms. The van der Waals surface area contributed by atoms with Crippen LogP contribution in [-0.2, 0) is 14.3 Å². The number of benzene rings is 1. The van der Waals surface area contributed by atoms with E-state index in [9.17, 15) is 8.42 Å². The molecular weight excluding hydrogens is 406 g/mol. The Bertz CT molecular complexity index is 595. The SMILES string of the molecule is CCCCCCCCCCCCOS(=O)(=O)c1ccccc1.CC[N+](CC)(CC)CC. The lowest BCUT2D eigenvalue weighted by molar-refractivity contribution is -0.921. The third kappa shape index (κ3) is 14.0. The molecule has 0 atom stereocenters. The molecule has 0 spiro atoms. The number of hydrogen-bond donors (Lipinski definition) is 0. The van der Waals surface area contributed by atoms with E-state index in [2.05, 4.69) is 34.6 Å². The Balaban J connectivity index is 0.000000842. The number of quaternary nitrogens is 1. The van der Waals surface area contributed by atoms with Crippen LogP contribution in [0.3, 0.4) is 0 Å². The highest BCUT2D eigenvalue weighted by Gasteiger charge is 2.16. The molecule has 1 aromatic rings. The minimum Gasteiger partial charge on any atom is -0.325 e. The normalized spacial score (nSPS) is 11.8. The first kappa shape index (κ1) is 30.1. The molecule has 0 aliphatic rings. The third-order valence-corrected chi connectivity index (χ3v) is 7.78. The smallest absolute Gasteiger partial charge is 0.296 e. The first-order chi connectivity index (χ1) is 14.9. The first-order valence-electron chi connectivity index (χ1n) is 12.7. The zero-order valence-electron chi connectivity index (χ0n) is 21.1. The molecule has 4 nitrogen and oxygen atoms in total. The van der Waals surface area contributed by atoms with Crippen molar-refractivity contribution in [2.45, 2.75) is 104 Å². The minimum absolute atomic E-state index is 0.238. The van der Waals surface area contributed by atoms with Gasteiger partial charge in [0, 0.05) is 0 Å². The summed E-state index contributed by atoms with van der Waals surface area (Å²) in [5, 5.41) is 0. The Hall–Kier alpha value is -0.910. The van der Waals surface area contributed by atoms with E-state index in [1.165, 1.54) is 82.0 Å². The quantitative estimate of drug-likeness (QED) is 0.141. The van der Waals surface area contributed by atoms with Gasteiger partial charge in [0.05, 0.1) is 37.7 Å². The van der Waals surface area contributed by atoms with Crippen LogP contribution in [0.5, 0.6) is 0 Å². The molecule has 0 aliphatic carbocycles. The molecule has 182 valence electrons. The summed E-state index contributed by atoms with van der Waals surface area (Å²) >= 11 is 0. The summed E-state index contributed by atoms with van der Waals surface area (Å²) in [7, 11) is -3.57. The molecule has 0 heterocycles. The number of hydrogen-bond acceptors (Lipinski definition) is 3. The van der Waals surface area contributed by atoms with Crippen LogP contribution >= 0.6 is 0 Å². The molecule has 0 bridgehead atoms. The van der Waals surface area contributed by atoms with Gasteiger partial charge in [-0.05, 0) is 46.2 Å². The van der Waals surface area contributed by atoms with Crippen molar-refractivity contribution in [2.75, 3.05) is 32.8 Å². The Morgan fingerprint density at radius 3 is 1.45 bits per heavy atom. The second-order valence-corrected chi connectivity index (χ2v) is 9.99. The predicted molar refractivity (Wildman–Crippen MR) is 134 cm³/mol. The Morgan fingerprint density at radius 1 is 0.645 bits per heavy atom. The van der Waals surface area contributed by atoms with Gasteiger partial charge in [0.2, 0.25) is 0 Å². The second kappa shape index (κ2) is 18.6. The standard InChI is InChI=1S/C18H30O3S.C8H20N/c1-2-3-4-5-6-7-8-9-10-14-17-21-22(19,20)18-15-12-11-13-16-18;1-5-9(6-2,7-3)8-4/h11-13,15-16H,2-10,14,17H2,1H3;5-8H2,1-4H3/q;+1. The fourth-order valence-electron chi connectivity index (χ4n) is 3.75. The lowest BCUT2D eigenvalue weighted by Gasteiger charge is -2.34. The third-order valence-electron chi connectivity index (χ3n) is 6.45. The van der Waals surface area contributed by atoms with Gasteiger partial charge in [0.15, 0.2) is 0 Å². The Labute approximate surface area is 194 Å². The average Bonchev–Trinajstić information content (AvgIpc) is 2.80. The first-order valence-corrected chi connectivity index (χ1v) is 14.1. The summed E-state index contributed by atoms with van der Waals surface area (Å²) in [6, 6.07) is 8.33. The highest BCUT2D eigenvalue weighted by Crippen LogP contribution is 2.13. The summed E-state index contributed by atoms with van der Waals surface area (Å²) in [5.41, 5.74) is 0. The predicted octanol–water partition coefficient (Wildman–Crippen LogP) is 7.20. The summed E-state index contributed by atoms with van der Waals surface area (Å²) in [6.07, 6.45) is 12.3. The van der Waals surface area contributed by atoms with Gasteiger partial charge in [0.1, 0.15) is 0 Å². The maximum atomic E-state index is 11.9. The van der Waals surface area contributed by atoms with E-state index >= 15 is 0 Å². The fourth-order valence-corrected chi connectivity index (χ4v) is 4.72. The van der Waals surface area contributed by atoms with Gasteiger partial charge >= 0.3 is 0 Å². The maximum absolute atomic E-state index is 11.9. The highest BCUT2D eigenvalue weighted by molar-refractivity contribution is 7.86. The number of nitrogens with zero attached hydrogens (tertiary/aromatic N) is 1. The largest absolute Gasteiger partial charge is 0.325 e. The molecule has 0 N–H and O–H groups in total. The molecule has 0 unspecified atom stereocenters. The molecule has 0 aliphatic heterocycles. The van der Waals surface area contributed by atoms with E-state index in [0.29, 0.717) is 0 Å². The van der Waals surface area contributed by atoms with Gasteiger partial charge in [0.25, 0.3) is 10.1 Å². The second-order valence-electron chi connectivity index (χ2n) is 8.38. The Kier molecular flexibility index (Phi) is 18.1. The van der Waals surface area contributed by atoms with Gasteiger partial charge < -0.3 is 4.48 Å². The summed E-state index contributed by atoms with van der Waals surface area (Å²) < 4.78 is 30.1. The van der Waals surface area contributed by atoms with Crippen molar-refractivity contribution in [2.24, 2.45) is 0 Å². The molecule has 31 heavy (non-hydrogen) atoms. The summed E-state index contributed by atoms with van der Waals surface area (Å²) in [5.74, 6) is 0. The van der Waals surface area contributed by atoms with Gasteiger partial charge in [-0.3, -0.25) is 4.18 Å². The molecule has 0 fully saturated rings. The Morgan fingerprint density at radius 2 is 1.06 bits per heavy atom. The molecule has 1 aromatic carbocycles. The minimum atomic E-state index is -3.57. The summed E-state index contributed by atoms with van der Waals surface area (Å²) in [6.45, 7) is 16.7. The van der Waals surface area contributed by atoms with Crippen molar-refractivity contribution in [3.63, 3.8) is 0 Å². The van der Waals surface area contributed by atoms with Crippen LogP contribution in [0.4, 0.5) is 0 Å². The molecule has 0 amide bonds. The van der Waals surface area contributed by atoms with Crippen LogP contribution in [0.15, 0.2) is 35.2 Å². The monoisotopic (exact) mass is 456 g/mol. The average molecular weight is 457 g/mol. The van der Waals surface area contributed by atoms with Crippen LogP contribution in [-0.4, -0.2) is 45.7 Å². The molecular formula is C26H50NO3S+. The van der Waals surface area contributed by atoms with Crippen LogP contribution in [0.25, 0.3) is 0 Å². The van der Waals surface area contributed by atoms with Gasteiger partial charge in [-0.25, -0.2) is 0 Å². The van der Waals surface area contributed by atoms with Gasteiger partial charge in [-0.15, -0.1) is 0 Å². The van der Waals surface area contributed by atoms with E-state index in [4.69, 9.17) is 4.18 Å². The van der Waals surface area contributed by atoms with Crippen LogP contribution in [0.2, 0.25) is 0 Å². The fraction of sp³-hybridized carbons (Fsp3) is 0.769. The van der Waals surface area contributed by atoms with Gasteiger partial charge in [-0.2, -0.15) is 8.42 Å². The van der Waals surface area contributed by atoms with Crippen LogP contribution in [0, 0.1) is 0 Å². The maximum Gasteiger partial charge on any atom is 0.296 e. The van der Waals surface area contributed by atoms with E-state index < -0.39 is 10.1 Å². The molecule has 0 radical (unpaired) electrons. The van der Waals surface area contributed by atoms with Crippen LogP contribution in [0.1, 0.15) is 98.8 Å². The van der Waals surface area contributed by atoms with E-state index in [0.717, 1.165) is 12.8 Å². The number of unbranched alkanes of at least 4 members (excludes halogenated alkanes) is 9. The molecule has 0 saturated carbocycles. The topological polar surface area (TPSA) is 43.4 Å². The van der Waals surface area contributed by atoms with Crippen molar-refractivity contribution in [1.29, 1.82) is 0 Å². The number of rotatable bonds is 17.